The molecule has 1 heterocycles. The third-order valence-corrected chi connectivity index (χ3v) is 6.55. The minimum Gasteiger partial charge on any atom is -0.425 e. The molecule has 1 rings (SSSR count). The molecular formula is C5H20O5Si4. The fourth-order valence-electron chi connectivity index (χ4n) is 0.660. The van der Waals surface area contributed by atoms with E-state index in [-0.39, 0.29) is 0 Å². The van der Waals surface area contributed by atoms with E-state index >= 15 is 0 Å². The van der Waals surface area contributed by atoms with E-state index in [9.17, 15) is 0 Å². The zero-order chi connectivity index (χ0) is 10.5. The molecule has 0 atom stereocenters. The van der Waals surface area contributed by atoms with Crippen molar-refractivity contribution in [3.63, 3.8) is 0 Å². The molecule has 0 bridgehead atoms. The zero-order valence-electron chi connectivity index (χ0n) is 8.99. The van der Waals surface area contributed by atoms with Crippen LogP contribution in [-0.2, 0) is 21.2 Å². The molecule has 0 aromatic heterocycles. The molecule has 1 aliphatic rings. The van der Waals surface area contributed by atoms with Gasteiger partial charge in [-0.15, -0.1) is 0 Å². The van der Waals surface area contributed by atoms with Crippen LogP contribution in [0.1, 0.15) is 20.3 Å². The van der Waals surface area contributed by atoms with Gasteiger partial charge in [0.05, 0.1) is 0 Å². The second-order valence-electron chi connectivity index (χ2n) is 2.48. The van der Waals surface area contributed by atoms with Gasteiger partial charge in [-0.2, -0.15) is 0 Å². The van der Waals surface area contributed by atoms with Crippen LogP contribution in [-0.4, -0.2) is 53.2 Å². The first-order valence-electron chi connectivity index (χ1n) is 4.80. The van der Waals surface area contributed by atoms with Crippen molar-refractivity contribution >= 4 is 40.0 Å². The fourth-order valence-corrected chi connectivity index (χ4v) is 7.88. The van der Waals surface area contributed by atoms with Crippen molar-refractivity contribution < 1.29 is 21.2 Å². The third kappa shape index (κ3) is 12.7. The Morgan fingerprint density at radius 2 is 1.29 bits per heavy atom. The van der Waals surface area contributed by atoms with Gasteiger partial charge in [0, 0.05) is 13.2 Å². The van der Waals surface area contributed by atoms with Gasteiger partial charge < -0.3 is 21.2 Å². The Morgan fingerprint density at radius 1 is 0.857 bits per heavy atom. The minimum absolute atomic E-state index is 0.653. The normalized spacial score (nSPS) is 24.4. The highest BCUT2D eigenvalue weighted by molar-refractivity contribution is 6.50. The maximum absolute atomic E-state index is 5.10. The maximum atomic E-state index is 5.10. The van der Waals surface area contributed by atoms with Crippen LogP contribution < -0.4 is 0 Å². The van der Waals surface area contributed by atoms with Crippen LogP contribution in [0.3, 0.4) is 0 Å². The average molecular weight is 273 g/mol. The average Bonchev–Trinajstić information content (AvgIpc) is 2.14. The smallest absolute Gasteiger partial charge is 0.286 e. The van der Waals surface area contributed by atoms with Gasteiger partial charge in [0.1, 0.15) is 0 Å². The van der Waals surface area contributed by atoms with Gasteiger partial charge in [-0.25, -0.2) is 0 Å². The van der Waals surface area contributed by atoms with E-state index in [4.69, 9.17) is 21.2 Å². The largest absolute Gasteiger partial charge is 0.425 e. The summed E-state index contributed by atoms with van der Waals surface area (Å²) in [7, 11) is -2.61. The number of ether oxygens (including phenoxy) is 1. The molecule has 0 N–H and O–H groups in total. The van der Waals surface area contributed by atoms with E-state index in [1.807, 2.05) is 6.92 Å². The summed E-state index contributed by atoms with van der Waals surface area (Å²) in [6.07, 6.45) is 1.13. The summed E-state index contributed by atoms with van der Waals surface area (Å²) in [6, 6.07) is 0. The highest BCUT2D eigenvalue weighted by Crippen LogP contribution is 1.79. The first-order chi connectivity index (χ1) is 6.91. The standard InChI is InChI=1S/C5H12O.H8O4Si4/c1-3-5-6-4-2;1-5-2-7-4-8-3-6-1/h3-5H2,1-2H3;5-8H2. The zero-order valence-corrected chi connectivity index (χ0v) is 14.6. The van der Waals surface area contributed by atoms with Gasteiger partial charge in [0.15, 0.2) is 0 Å². The highest BCUT2D eigenvalue weighted by atomic mass is 28.4. The Bertz CT molecular complexity index is 80.1. The summed E-state index contributed by atoms with van der Waals surface area (Å²) < 4.78 is 25.4. The lowest BCUT2D eigenvalue weighted by Crippen LogP contribution is -2.23. The molecular weight excluding hydrogens is 252 g/mol. The van der Waals surface area contributed by atoms with Crippen molar-refractivity contribution in [2.24, 2.45) is 0 Å². The Balaban J connectivity index is 0.000000255. The molecule has 1 aliphatic heterocycles. The molecule has 1 fully saturated rings. The maximum Gasteiger partial charge on any atom is 0.286 e. The highest BCUT2D eigenvalue weighted by Gasteiger charge is 1.97. The van der Waals surface area contributed by atoms with Gasteiger partial charge in [-0.05, 0) is 13.3 Å². The van der Waals surface area contributed by atoms with E-state index in [1.165, 1.54) is 0 Å². The summed E-state index contributed by atoms with van der Waals surface area (Å²) in [4.78, 5) is 0. The van der Waals surface area contributed by atoms with E-state index in [1.54, 1.807) is 0 Å². The van der Waals surface area contributed by atoms with Crippen molar-refractivity contribution in [3.8, 4) is 0 Å². The van der Waals surface area contributed by atoms with Crippen LogP contribution in [0.4, 0.5) is 0 Å². The van der Waals surface area contributed by atoms with Gasteiger partial charge in [0.25, 0.3) is 40.0 Å². The second-order valence-corrected chi connectivity index (χ2v) is 9.96. The molecule has 0 saturated carbocycles. The molecule has 0 spiro atoms. The van der Waals surface area contributed by atoms with E-state index in [0.29, 0.717) is 0 Å². The van der Waals surface area contributed by atoms with Crippen LogP contribution in [0, 0.1) is 0 Å². The summed E-state index contributed by atoms with van der Waals surface area (Å²) in [5.74, 6) is 0. The first-order valence-corrected chi connectivity index (χ1v) is 9.42. The molecule has 0 aliphatic carbocycles. The lowest BCUT2D eigenvalue weighted by atomic mass is 10.5. The summed E-state index contributed by atoms with van der Waals surface area (Å²) in [5.41, 5.74) is 0. The van der Waals surface area contributed by atoms with Crippen molar-refractivity contribution in [3.05, 3.63) is 0 Å². The Kier molecular flexibility index (Phi) is 14.3. The Morgan fingerprint density at radius 3 is 1.50 bits per heavy atom. The van der Waals surface area contributed by atoms with Crippen LogP contribution in [0.15, 0.2) is 0 Å². The molecule has 14 heavy (non-hydrogen) atoms. The monoisotopic (exact) mass is 272 g/mol. The first kappa shape index (κ1) is 14.7. The summed E-state index contributed by atoms with van der Waals surface area (Å²) in [5, 5.41) is 0. The van der Waals surface area contributed by atoms with E-state index < -0.39 is 40.0 Å². The van der Waals surface area contributed by atoms with Gasteiger partial charge in [-0.3, -0.25) is 0 Å². The van der Waals surface area contributed by atoms with Gasteiger partial charge in [-0.1, -0.05) is 6.92 Å². The quantitative estimate of drug-likeness (QED) is 0.420. The van der Waals surface area contributed by atoms with Crippen molar-refractivity contribution in [2.75, 3.05) is 13.2 Å². The molecule has 0 unspecified atom stereocenters. The van der Waals surface area contributed by atoms with Crippen LogP contribution >= 0.6 is 0 Å². The molecule has 0 aromatic rings. The van der Waals surface area contributed by atoms with E-state index in [2.05, 4.69) is 6.92 Å². The van der Waals surface area contributed by atoms with Gasteiger partial charge in [0.2, 0.25) is 0 Å². The number of hydrogen-bond donors (Lipinski definition) is 0. The Hall–Kier alpha value is 0.668. The third-order valence-electron chi connectivity index (χ3n) is 1.22. The van der Waals surface area contributed by atoms with Gasteiger partial charge >= 0.3 is 0 Å². The Labute approximate surface area is 95.1 Å². The molecule has 5 nitrogen and oxygen atoms in total. The second kappa shape index (κ2) is 13.7. The summed E-state index contributed by atoms with van der Waals surface area (Å²) in [6.45, 7) is 5.88. The molecule has 86 valence electrons. The lowest BCUT2D eigenvalue weighted by molar-refractivity contribution is 0.148. The van der Waals surface area contributed by atoms with Crippen molar-refractivity contribution in [1.29, 1.82) is 0 Å². The molecule has 9 heteroatoms. The van der Waals surface area contributed by atoms with Crippen LogP contribution in [0.2, 0.25) is 0 Å². The van der Waals surface area contributed by atoms with Crippen molar-refractivity contribution in [2.45, 2.75) is 20.3 Å². The predicted octanol–water partition coefficient (Wildman–Crippen LogP) is -2.51. The predicted molar refractivity (Wildman–Crippen MR) is 65.3 cm³/mol. The molecule has 1 saturated heterocycles. The fraction of sp³-hybridized carbons (Fsp3) is 1.00. The topological polar surface area (TPSA) is 46.2 Å². The lowest BCUT2D eigenvalue weighted by Gasteiger charge is -2.10. The van der Waals surface area contributed by atoms with Crippen LogP contribution in [0.25, 0.3) is 0 Å². The van der Waals surface area contributed by atoms with E-state index in [0.717, 1.165) is 19.6 Å². The SMILES string of the molecule is CCCOCC.O1[SiH2]O[SiH2]O[SiH2]O[SiH2]1. The molecule has 0 aromatic carbocycles. The number of rotatable bonds is 3. The van der Waals surface area contributed by atoms with Crippen LogP contribution in [0.5, 0.6) is 0 Å². The minimum atomic E-state index is -0.653. The molecule has 0 radical (unpaired) electrons. The molecule has 0 amide bonds. The summed E-state index contributed by atoms with van der Waals surface area (Å²) >= 11 is 0. The number of hydrogen-bond acceptors (Lipinski definition) is 5. The van der Waals surface area contributed by atoms with Crippen molar-refractivity contribution in [1.82, 2.24) is 0 Å².